The number of carbonyl (C=O) groups is 1. The van der Waals surface area contributed by atoms with Gasteiger partial charge in [0.05, 0.1) is 0 Å². The lowest BCUT2D eigenvalue weighted by Gasteiger charge is -2.31. The highest BCUT2D eigenvalue weighted by molar-refractivity contribution is 5.76. The van der Waals surface area contributed by atoms with E-state index in [1.807, 2.05) is 30.3 Å². The Morgan fingerprint density at radius 3 is 2.65 bits per heavy atom. The van der Waals surface area contributed by atoms with Crippen LogP contribution in [0.5, 0.6) is 0 Å². The lowest BCUT2D eigenvalue weighted by Crippen LogP contribution is -2.36. The van der Waals surface area contributed by atoms with Gasteiger partial charge in [-0.1, -0.05) is 49.6 Å². The van der Waals surface area contributed by atoms with Crippen molar-refractivity contribution < 1.29 is 4.79 Å². The third-order valence-corrected chi connectivity index (χ3v) is 4.84. The Morgan fingerprint density at radius 1 is 1.26 bits per heavy atom. The Morgan fingerprint density at radius 2 is 1.96 bits per heavy atom. The van der Waals surface area contributed by atoms with Crippen LogP contribution in [0.15, 0.2) is 30.3 Å². The van der Waals surface area contributed by atoms with E-state index in [0.717, 1.165) is 31.1 Å². The van der Waals surface area contributed by atoms with Crippen molar-refractivity contribution in [1.29, 1.82) is 0 Å². The van der Waals surface area contributed by atoms with Gasteiger partial charge in [-0.05, 0) is 38.4 Å². The fourth-order valence-corrected chi connectivity index (χ4v) is 3.35. The highest BCUT2D eigenvalue weighted by Crippen LogP contribution is 2.21. The quantitative estimate of drug-likeness (QED) is 0.725. The van der Waals surface area contributed by atoms with Crippen LogP contribution in [-0.2, 0) is 4.79 Å². The third kappa shape index (κ3) is 6.32. The second-order valence-electron chi connectivity index (χ2n) is 6.70. The van der Waals surface area contributed by atoms with Gasteiger partial charge in [0, 0.05) is 25.0 Å². The second kappa shape index (κ2) is 9.68. The molecule has 128 valence electrons. The van der Waals surface area contributed by atoms with Crippen molar-refractivity contribution >= 4 is 5.91 Å². The number of hydrogen-bond acceptors (Lipinski definition) is 3. The molecule has 2 rings (SSSR count). The monoisotopic (exact) mass is 317 g/mol. The fourth-order valence-electron chi connectivity index (χ4n) is 3.35. The van der Waals surface area contributed by atoms with Crippen LogP contribution in [-0.4, -0.2) is 37.0 Å². The standard InChI is InChI=1S/C19H31N3O/c1-22(17-11-6-3-7-12-17)14-8-13-21-19(23)15-18(20)16-9-4-2-5-10-16/h2,4-5,9-10,17-18H,3,6-8,11-15,20H2,1H3,(H,21,23). The molecule has 1 fully saturated rings. The number of hydrogen-bond donors (Lipinski definition) is 2. The average Bonchev–Trinajstić information content (AvgIpc) is 2.60. The van der Waals surface area contributed by atoms with E-state index in [4.69, 9.17) is 5.73 Å². The minimum Gasteiger partial charge on any atom is -0.356 e. The molecular formula is C19H31N3O. The first kappa shape index (κ1) is 18.0. The number of nitrogens with two attached hydrogens (primary N) is 1. The molecule has 1 atom stereocenters. The number of nitrogens with one attached hydrogen (secondary N) is 1. The number of amides is 1. The van der Waals surface area contributed by atoms with Crippen molar-refractivity contribution in [1.82, 2.24) is 10.2 Å². The van der Waals surface area contributed by atoms with Crippen molar-refractivity contribution in [2.45, 2.75) is 57.0 Å². The van der Waals surface area contributed by atoms with Crippen LogP contribution in [0.2, 0.25) is 0 Å². The molecule has 1 aromatic rings. The first-order valence-corrected chi connectivity index (χ1v) is 8.94. The Hall–Kier alpha value is -1.39. The van der Waals surface area contributed by atoms with E-state index in [0.29, 0.717) is 6.42 Å². The SMILES string of the molecule is CN(CCCNC(=O)CC(N)c1ccccc1)C1CCCCC1. The number of benzene rings is 1. The summed E-state index contributed by atoms with van der Waals surface area (Å²) in [5.41, 5.74) is 7.09. The molecule has 0 bridgehead atoms. The Balaban J connectivity index is 1.59. The van der Waals surface area contributed by atoms with E-state index >= 15 is 0 Å². The van der Waals surface area contributed by atoms with Gasteiger partial charge in [-0.3, -0.25) is 4.79 Å². The smallest absolute Gasteiger partial charge is 0.221 e. The lowest BCUT2D eigenvalue weighted by atomic mass is 9.94. The van der Waals surface area contributed by atoms with Crippen molar-refractivity contribution in [3.05, 3.63) is 35.9 Å². The van der Waals surface area contributed by atoms with Crippen LogP contribution in [0.3, 0.4) is 0 Å². The minimum absolute atomic E-state index is 0.0432. The summed E-state index contributed by atoms with van der Waals surface area (Å²) in [4.78, 5) is 14.4. The maximum absolute atomic E-state index is 12.0. The summed E-state index contributed by atoms with van der Waals surface area (Å²) in [5.74, 6) is 0.0432. The molecule has 1 saturated carbocycles. The predicted octanol–water partition coefficient (Wildman–Crippen LogP) is 2.85. The summed E-state index contributed by atoms with van der Waals surface area (Å²) in [7, 11) is 2.21. The van der Waals surface area contributed by atoms with E-state index in [2.05, 4.69) is 17.3 Å². The average molecular weight is 317 g/mol. The fraction of sp³-hybridized carbons (Fsp3) is 0.632. The molecule has 1 aliphatic rings. The highest BCUT2D eigenvalue weighted by Gasteiger charge is 2.17. The number of rotatable bonds is 8. The zero-order valence-corrected chi connectivity index (χ0v) is 14.3. The van der Waals surface area contributed by atoms with E-state index in [1.165, 1.54) is 32.1 Å². The summed E-state index contributed by atoms with van der Waals surface area (Å²) in [6.45, 7) is 1.78. The molecule has 0 heterocycles. The molecule has 0 radical (unpaired) electrons. The van der Waals surface area contributed by atoms with Crippen molar-refractivity contribution in [3.63, 3.8) is 0 Å². The zero-order chi connectivity index (χ0) is 16.5. The molecular weight excluding hydrogens is 286 g/mol. The molecule has 0 aromatic heterocycles. The first-order valence-electron chi connectivity index (χ1n) is 8.94. The van der Waals surface area contributed by atoms with Crippen LogP contribution < -0.4 is 11.1 Å². The Kier molecular flexibility index (Phi) is 7.56. The van der Waals surface area contributed by atoms with Gasteiger partial charge in [-0.2, -0.15) is 0 Å². The topological polar surface area (TPSA) is 58.4 Å². The minimum atomic E-state index is -0.221. The van der Waals surface area contributed by atoms with Crippen molar-refractivity contribution in [3.8, 4) is 0 Å². The molecule has 3 N–H and O–H groups in total. The van der Waals surface area contributed by atoms with E-state index < -0.39 is 0 Å². The van der Waals surface area contributed by atoms with Gasteiger partial charge in [0.25, 0.3) is 0 Å². The van der Waals surface area contributed by atoms with Crippen LogP contribution in [0, 0.1) is 0 Å². The maximum Gasteiger partial charge on any atom is 0.221 e. The van der Waals surface area contributed by atoms with Crippen LogP contribution in [0.25, 0.3) is 0 Å². The summed E-state index contributed by atoms with van der Waals surface area (Å²) in [6, 6.07) is 10.3. The molecule has 0 aliphatic heterocycles. The zero-order valence-electron chi connectivity index (χ0n) is 14.3. The second-order valence-corrected chi connectivity index (χ2v) is 6.70. The number of carbonyl (C=O) groups excluding carboxylic acids is 1. The highest BCUT2D eigenvalue weighted by atomic mass is 16.1. The lowest BCUT2D eigenvalue weighted by molar-refractivity contribution is -0.121. The van der Waals surface area contributed by atoms with Gasteiger partial charge in [0.15, 0.2) is 0 Å². The van der Waals surface area contributed by atoms with Gasteiger partial charge in [-0.25, -0.2) is 0 Å². The van der Waals surface area contributed by atoms with Crippen LogP contribution >= 0.6 is 0 Å². The van der Waals surface area contributed by atoms with Crippen LogP contribution in [0.1, 0.15) is 56.6 Å². The van der Waals surface area contributed by atoms with Gasteiger partial charge in [-0.15, -0.1) is 0 Å². The van der Waals surface area contributed by atoms with Crippen molar-refractivity contribution in [2.75, 3.05) is 20.1 Å². The van der Waals surface area contributed by atoms with Gasteiger partial charge < -0.3 is 16.0 Å². The Bertz CT molecular complexity index is 457. The Labute approximate surface area is 140 Å². The van der Waals surface area contributed by atoms with Gasteiger partial charge in [0.1, 0.15) is 0 Å². The molecule has 1 unspecified atom stereocenters. The molecule has 0 spiro atoms. The van der Waals surface area contributed by atoms with E-state index in [-0.39, 0.29) is 11.9 Å². The van der Waals surface area contributed by atoms with Crippen molar-refractivity contribution in [2.24, 2.45) is 5.73 Å². The summed E-state index contributed by atoms with van der Waals surface area (Å²) < 4.78 is 0. The normalized spacial score (nSPS) is 17.2. The maximum atomic E-state index is 12.0. The molecule has 4 heteroatoms. The van der Waals surface area contributed by atoms with E-state index in [1.54, 1.807) is 0 Å². The molecule has 1 aromatic carbocycles. The van der Waals surface area contributed by atoms with Crippen LogP contribution in [0.4, 0.5) is 0 Å². The molecule has 4 nitrogen and oxygen atoms in total. The van der Waals surface area contributed by atoms with E-state index in [9.17, 15) is 4.79 Å². The van der Waals surface area contributed by atoms with Gasteiger partial charge >= 0.3 is 0 Å². The summed E-state index contributed by atoms with van der Waals surface area (Å²) >= 11 is 0. The summed E-state index contributed by atoms with van der Waals surface area (Å²) in [5, 5.41) is 3.00. The number of nitrogens with zero attached hydrogens (tertiary/aromatic N) is 1. The molecule has 1 amide bonds. The van der Waals surface area contributed by atoms with Gasteiger partial charge in [0.2, 0.25) is 5.91 Å². The third-order valence-electron chi connectivity index (χ3n) is 4.84. The summed E-state index contributed by atoms with van der Waals surface area (Å²) in [6.07, 6.45) is 8.12. The molecule has 23 heavy (non-hydrogen) atoms. The first-order chi connectivity index (χ1) is 11.2. The largest absolute Gasteiger partial charge is 0.356 e. The molecule has 0 saturated heterocycles. The molecule has 1 aliphatic carbocycles. The predicted molar refractivity (Wildman–Crippen MR) is 95.1 cm³/mol.